The van der Waals surface area contributed by atoms with Crippen LogP contribution in [0, 0.1) is 18.3 Å². The Kier molecular flexibility index (Phi) is 6.52. The van der Waals surface area contributed by atoms with Gasteiger partial charge >= 0.3 is 0 Å². The third-order valence-electron chi connectivity index (χ3n) is 4.93. The second kappa shape index (κ2) is 9.06. The third kappa shape index (κ3) is 4.62. The molecule has 2 nitrogen and oxygen atoms in total. The maximum absolute atomic E-state index is 13.0. The summed E-state index contributed by atoms with van der Waals surface area (Å²) in [7, 11) is 0. The molecular weight excluding hydrogens is 389 g/mol. The minimum absolute atomic E-state index is 0.0227. The van der Waals surface area contributed by atoms with Crippen molar-refractivity contribution >= 4 is 29.0 Å². The molecule has 0 unspecified atom stereocenters. The molecule has 0 fully saturated rings. The predicted octanol–water partition coefficient (Wildman–Crippen LogP) is 6.97. The topological polar surface area (TPSA) is 40.9 Å². The standard InChI is InChI=1S/C24H19Cl2NO/c1-16-4-2-3-5-21(16)23(15-27)22(17-6-10-19(25)11-7-17)14-24(28)18-8-12-20(26)13-9-18/h2-13,22-23H,14H2,1H3/t22-,23-/m1/s1. The number of carbonyl (C=O) groups is 1. The highest BCUT2D eigenvalue weighted by atomic mass is 35.5. The molecule has 3 aromatic carbocycles. The average molecular weight is 408 g/mol. The van der Waals surface area contributed by atoms with Crippen LogP contribution < -0.4 is 0 Å². The molecule has 0 N–H and O–H groups in total. The maximum Gasteiger partial charge on any atom is 0.163 e. The molecule has 0 saturated heterocycles. The van der Waals surface area contributed by atoms with E-state index < -0.39 is 5.92 Å². The lowest BCUT2D eigenvalue weighted by molar-refractivity contribution is 0.0971. The van der Waals surface area contributed by atoms with Crippen molar-refractivity contribution in [2.45, 2.75) is 25.2 Å². The van der Waals surface area contributed by atoms with Crippen LogP contribution in [0.5, 0.6) is 0 Å². The molecule has 0 amide bonds. The van der Waals surface area contributed by atoms with E-state index in [0.717, 1.165) is 16.7 Å². The number of hydrogen-bond acceptors (Lipinski definition) is 2. The maximum atomic E-state index is 13.0. The molecule has 140 valence electrons. The van der Waals surface area contributed by atoms with Crippen molar-refractivity contribution in [3.8, 4) is 6.07 Å². The van der Waals surface area contributed by atoms with Crippen molar-refractivity contribution in [2.75, 3.05) is 0 Å². The van der Waals surface area contributed by atoms with Crippen molar-refractivity contribution in [3.63, 3.8) is 0 Å². The molecule has 0 aliphatic heterocycles. The Morgan fingerprint density at radius 2 is 1.50 bits per heavy atom. The number of Topliss-reactive ketones (excluding diaryl/α,β-unsaturated/α-hetero) is 1. The Morgan fingerprint density at radius 3 is 2.07 bits per heavy atom. The van der Waals surface area contributed by atoms with Crippen molar-refractivity contribution < 1.29 is 4.79 Å². The molecule has 0 heterocycles. The van der Waals surface area contributed by atoms with Crippen molar-refractivity contribution in [2.24, 2.45) is 0 Å². The highest BCUT2D eigenvalue weighted by Crippen LogP contribution is 2.38. The Labute approximate surface area is 175 Å². The Hall–Kier alpha value is -2.60. The highest BCUT2D eigenvalue weighted by molar-refractivity contribution is 6.30. The number of carbonyl (C=O) groups excluding carboxylic acids is 1. The smallest absolute Gasteiger partial charge is 0.163 e. The summed E-state index contributed by atoms with van der Waals surface area (Å²) in [4.78, 5) is 13.0. The molecule has 3 aromatic rings. The van der Waals surface area contributed by atoms with Gasteiger partial charge in [0, 0.05) is 27.9 Å². The van der Waals surface area contributed by atoms with E-state index >= 15 is 0 Å². The molecule has 2 atom stereocenters. The number of halogens is 2. The first-order chi connectivity index (χ1) is 13.5. The summed E-state index contributed by atoms with van der Waals surface area (Å²) in [5.41, 5.74) is 3.48. The van der Waals surface area contributed by atoms with E-state index in [9.17, 15) is 10.1 Å². The quantitative estimate of drug-likeness (QED) is 0.414. The average Bonchev–Trinajstić information content (AvgIpc) is 2.70. The first kappa shape index (κ1) is 20.1. The fourth-order valence-electron chi connectivity index (χ4n) is 3.40. The van der Waals surface area contributed by atoms with E-state index in [1.165, 1.54) is 0 Å². The van der Waals surface area contributed by atoms with Gasteiger partial charge in [0.2, 0.25) is 0 Å². The summed E-state index contributed by atoms with van der Waals surface area (Å²) in [6, 6.07) is 24.5. The Morgan fingerprint density at radius 1 is 0.929 bits per heavy atom. The van der Waals surface area contributed by atoms with Gasteiger partial charge in [-0.25, -0.2) is 0 Å². The molecule has 0 aromatic heterocycles. The molecule has 28 heavy (non-hydrogen) atoms. The Bertz CT molecular complexity index is 1000. The fourth-order valence-corrected chi connectivity index (χ4v) is 3.66. The predicted molar refractivity (Wildman–Crippen MR) is 114 cm³/mol. The number of nitrogens with zero attached hydrogens (tertiary/aromatic N) is 1. The molecular formula is C24H19Cl2NO. The van der Waals surface area contributed by atoms with Crippen molar-refractivity contribution in [1.82, 2.24) is 0 Å². The lowest BCUT2D eigenvalue weighted by atomic mass is 9.77. The van der Waals surface area contributed by atoms with Crippen LogP contribution in [0.4, 0.5) is 0 Å². The van der Waals surface area contributed by atoms with Crippen LogP contribution in [0.1, 0.15) is 45.3 Å². The van der Waals surface area contributed by atoms with E-state index in [2.05, 4.69) is 6.07 Å². The van der Waals surface area contributed by atoms with Gasteiger partial charge in [0.15, 0.2) is 5.78 Å². The van der Waals surface area contributed by atoms with Gasteiger partial charge in [-0.15, -0.1) is 0 Å². The SMILES string of the molecule is Cc1ccccc1[C@@H](C#N)[C@H](CC(=O)c1ccc(Cl)cc1)c1ccc(Cl)cc1. The second-order valence-corrected chi connectivity index (χ2v) is 7.63. The van der Waals surface area contributed by atoms with E-state index in [4.69, 9.17) is 23.2 Å². The van der Waals surface area contributed by atoms with E-state index in [1.807, 2.05) is 43.3 Å². The molecule has 3 rings (SSSR count). The number of benzene rings is 3. The molecule has 0 spiro atoms. The second-order valence-electron chi connectivity index (χ2n) is 6.76. The van der Waals surface area contributed by atoms with E-state index in [1.54, 1.807) is 36.4 Å². The summed E-state index contributed by atoms with van der Waals surface area (Å²) >= 11 is 12.0. The molecule has 0 aliphatic carbocycles. The van der Waals surface area contributed by atoms with Crippen LogP contribution in [0.15, 0.2) is 72.8 Å². The summed E-state index contributed by atoms with van der Waals surface area (Å²) in [5, 5.41) is 11.2. The number of nitriles is 1. The summed E-state index contributed by atoms with van der Waals surface area (Å²) < 4.78 is 0. The third-order valence-corrected chi connectivity index (χ3v) is 5.44. The van der Waals surface area contributed by atoms with Crippen molar-refractivity contribution in [1.29, 1.82) is 5.26 Å². The van der Waals surface area contributed by atoms with Crippen LogP contribution in [-0.2, 0) is 0 Å². The fraction of sp³-hybridized carbons (Fsp3) is 0.167. The van der Waals surface area contributed by atoms with Gasteiger partial charge in [-0.05, 0) is 60.0 Å². The lowest BCUT2D eigenvalue weighted by Crippen LogP contribution is -2.16. The monoisotopic (exact) mass is 407 g/mol. The van der Waals surface area contributed by atoms with Crippen LogP contribution in [0.25, 0.3) is 0 Å². The normalized spacial score (nSPS) is 12.8. The lowest BCUT2D eigenvalue weighted by Gasteiger charge is -2.24. The zero-order chi connectivity index (χ0) is 20.1. The highest BCUT2D eigenvalue weighted by Gasteiger charge is 2.28. The first-order valence-electron chi connectivity index (χ1n) is 8.99. The molecule has 4 heteroatoms. The summed E-state index contributed by atoms with van der Waals surface area (Å²) in [6.45, 7) is 1.99. The van der Waals surface area contributed by atoms with Gasteiger partial charge in [0.25, 0.3) is 0 Å². The zero-order valence-electron chi connectivity index (χ0n) is 15.4. The number of aryl methyl sites for hydroxylation is 1. The van der Waals surface area contributed by atoms with Gasteiger partial charge in [-0.2, -0.15) is 5.26 Å². The number of rotatable bonds is 6. The minimum atomic E-state index is -0.446. The van der Waals surface area contributed by atoms with E-state index in [-0.39, 0.29) is 18.1 Å². The molecule has 0 bridgehead atoms. The summed E-state index contributed by atoms with van der Waals surface area (Å²) in [5.74, 6) is -0.754. The van der Waals surface area contributed by atoms with Crippen LogP contribution in [0.3, 0.4) is 0 Å². The minimum Gasteiger partial charge on any atom is -0.294 e. The molecule has 0 saturated carbocycles. The van der Waals surface area contributed by atoms with Crippen LogP contribution >= 0.6 is 23.2 Å². The molecule has 0 radical (unpaired) electrons. The largest absolute Gasteiger partial charge is 0.294 e. The zero-order valence-corrected chi connectivity index (χ0v) is 16.9. The Balaban J connectivity index is 2.00. The van der Waals surface area contributed by atoms with Gasteiger partial charge in [0.05, 0.1) is 12.0 Å². The number of hydrogen-bond donors (Lipinski definition) is 0. The van der Waals surface area contributed by atoms with Crippen LogP contribution in [-0.4, -0.2) is 5.78 Å². The van der Waals surface area contributed by atoms with Gasteiger partial charge in [-0.3, -0.25) is 4.79 Å². The van der Waals surface area contributed by atoms with Gasteiger partial charge in [0.1, 0.15) is 0 Å². The molecule has 0 aliphatic rings. The van der Waals surface area contributed by atoms with Crippen LogP contribution in [0.2, 0.25) is 10.0 Å². The van der Waals surface area contributed by atoms with E-state index in [0.29, 0.717) is 15.6 Å². The van der Waals surface area contributed by atoms with Gasteiger partial charge in [-0.1, -0.05) is 59.6 Å². The number of ketones is 1. The van der Waals surface area contributed by atoms with Crippen molar-refractivity contribution in [3.05, 3.63) is 105 Å². The summed E-state index contributed by atoms with van der Waals surface area (Å²) in [6.07, 6.45) is 0.218. The first-order valence-corrected chi connectivity index (χ1v) is 9.74. The van der Waals surface area contributed by atoms with Gasteiger partial charge < -0.3 is 0 Å².